The smallest absolute Gasteiger partial charge is 0.116 e. The van der Waals surface area contributed by atoms with Crippen molar-refractivity contribution in [2.24, 2.45) is 5.92 Å². The summed E-state index contributed by atoms with van der Waals surface area (Å²) in [6.07, 6.45) is 1.56. The van der Waals surface area contributed by atoms with Gasteiger partial charge in [-0.25, -0.2) is 4.39 Å². The monoisotopic (exact) mass is 131 g/mol. The molecule has 0 bridgehead atoms. The molecule has 1 nitrogen and oxygen atoms in total. The first-order chi connectivity index (χ1) is 4.34. The predicted octanol–water partition coefficient (Wildman–Crippen LogP) is 1.34. The molecule has 9 heavy (non-hydrogen) atoms. The van der Waals surface area contributed by atoms with Gasteiger partial charge < -0.3 is 5.32 Å². The maximum absolute atomic E-state index is 12.7. The first-order valence-corrected chi connectivity index (χ1v) is 3.69. The zero-order chi connectivity index (χ0) is 6.69. The Morgan fingerprint density at radius 2 is 2.33 bits per heavy atom. The third-order valence-electron chi connectivity index (χ3n) is 1.92. The molecule has 0 aliphatic carbocycles. The maximum atomic E-state index is 12.7. The molecule has 1 saturated heterocycles. The van der Waals surface area contributed by atoms with Crippen LogP contribution in [0.5, 0.6) is 0 Å². The highest BCUT2D eigenvalue weighted by Crippen LogP contribution is 2.17. The third kappa shape index (κ3) is 1.65. The summed E-state index contributed by atoms with van der Waals surface area (Å²) in [7, 11) is 0. The number of halogens is 1. The van der Waals surface area contributed by atoms with Crippen LogP contribution in [0, 0.1) is 5.92 Å². The lowest BCUT2D eigenvalue weighted by atomic mass is 10.0. The second-order valence-corrected chi connectivity index (χ2v) is 2.72. The molecule has 1 aliphatic heterocycles. The van der Waals surface area contributed by atoms with Crippen LogP contribution < -0.4 is 5.32 Å². The van der Waals surface area contributed by atoms with Crippen molar-refractivity contribution in [3.05, 3.63) is 0 Å². The van der Waals surface area contributed by atoms with Gasteiger partial charge >= 0.3 is 0 Å². The van der Waals surface area contributed by atoms with Gasteiger partial charge in [-0.3, -0.25) is 0 Å². The van der Waals surface area contributed by atoms with Gasteiger partial charge in [-0.15, -0.1) is 0 Å². The van der Waals surface area contributed by atoms with Gasteiger partial charge in [0.2, 0.25) is 0 Å². The Labute approximate surface area is 55.6 Å². The second-order valence-electron chi connectivity index (χ2n) is 2.72. The fraction of sp³-hybridized carbons (Fsp3) is 1.00. The van der Waals surface area contributed by atoms with Crippen LogP contribution in [0.4, 0.5) is 4.39 Å². The molecule has 0 amide bonds. The molecular weight excluding hydrogens is 117 g/mol. The van der Waals surface area contributed by atoms with Gasteiger partial charge in [0, 0.05) is 19.0 Å². The summed E-state index contributed by atoms with van der Waals surface area (Å²) in [6.45, 7) is 3.56. The van der Waals surface area contributed by atoms with E-state index in [2.05, 4.69) is 12.2 Å². The Morgan fingerprint density at radius 3 is 2.78 bits per heavy atom. The number of hydrogen-bond donors (Lipinski definition) is 1. The number of alkyl halides is 1. The van der Waals surface area contributed by atoms with Crippen molar-refractivity contribution in [2.45, 2.75) is 25.9 Å². The van der Waals surface area contributed by atoms with Crippen LogP contribution in [0.15, 0.2) is 0 Å². The van der Waals surface area contributed by atoms with E-state index in [-0.39, 0.29) is 0 Å². The predicted molar refractivity (Wildman–Crippen MR) is 36.2 cm³/mol. The van der Waals surface area contributed by atoms with Crippen molar-refractivity contribution in [2.75, 3.05) is 13.1 Å². The standard InChI is InChI=1S/C7H14FN/c1-2-3-6-4-9-5-7(6)8/h6-7,9H,2-5H2,1H3/t6-,7+/m1/s1. The van der Waals surface area contributed by atoms with E-state index in [1.165, 1.54) is 0 Å². The lowest BCUT2D eigenvalue weighted by molar-refractivity contribution is 0.271. The summed E-state index contributed by atoms with van der Waals surface area (Å²) in [5.74, 6) is 0.301. The minimum atomic E-state index is -0.579. The van der Waals surface area contributed by atoms with Crippen molar-refractivity contribution in [3.8, 4) is 0 Å². The van der Waals surface area contributed by atoms with Crippen LogP contribution in [0.2, 0.25) is 0 Å². The van der Waals surface area contributed by atoms with Crippen molar-refractivity contribution in [3.63, 3.8) is 0 Å². The molecule has 1 fully saturated rings. The molecule has 0 unspecified atom stereocenters. The minimum absolute atomic E-state index is 0.301. The maximum Gasteiger partial charge on any atom is 0.116 e. The van der Waals surface area contributed by atoms with Crippen molar-refractivity contribution >= 4 is 0 Å². The van der Waals surface area contributed by atoms with E-state index in [4.69, 9.17) is 0 Å². The highest BCUT2D eigenvalue weighted by atomic mass is 19.1. The zero-order valence-electron chi connectivity index (χ0n) is 5.86. The average Bonchev–Trinajstić information content (AvgIpc) is 2.18. The molecule has 2 atom stereocenters. The van der Waals surface area contributed by atoms with E-state index in [9.17, 15) is 4.39 Å². The number of rotatable bonds is 2. The van der Waals surface area contributed by atoms with Crippen LogP contribution in [0.3, 0.4) is 0 Å². The number of hydrogen-bond acceptors (Lipinski definition) is 1. The average molecular weight is 131 g/mol. The van der Waals surface area contributed by atoms with Gasteiger partial charge in [0.25, 0.3) is 0 Å². The molecule has 1 heterocycles. The Morgan fingerprint density at radius 1 is 1.56 bits per heavy atom. The topological polar surface area (TPSA) is 12.0 Å². The lowest BCUT2D eigenvalue weighted by Gasteiger charge is -2.07. The third-order valence-corrected chi connectivity index (χ3v) is 1.92. The molecule has 1 rings (SSSR count). The van der Waals surface area contributed by atoms with Crippen molar-refractivity contribution in [1.82, 2.24) is 5.32 Å². The fourth-order valence-corrected chi connectivity index (χ4v) is 1.35. The minimum Gasteiger partial charge on any atom is -0.313 e. The molecule has 1 N–H and O–H groups in total. The summed E-state index contributed by atoms with van der Waals surface area (Å²) in [5, 5.41) is 3.03. The molecular formula is C7H14FN. The van der Waals surface area contributed by atoms with Gasteiger partial charge in [0.05, 0.1) is 0 Å². The van der Waals surface area contributed by atoms with Crippen LogP contribution in [-0.2, 0) is 0 Å². The normalized spacial score (nSPS) is 35.3. The molecule has 0 spiro atoms. The van der Waals surface area contributed by atoms with Crippen LogP contribution in [0.25, 0.3) is 0 Å². The van der Waals surface area contributed by atoms with Gasteiger partial charge in [-0.05, 0) is 6.42 Å². The first kappa shape index (κ1) is 7.00. The Balaban J connectivity index is 2.22. The van der Waals surface area contributed by atoms with Gasteiger partial charge in [0.1, 0.15) is 6.17 Å². The van der Waals surface area contributed by atoms with Gasteiger partial charge in [-0.2, -0.15) is 0 Å². The quantitative estimate of drug-likeness (QED) is 0.596. The van der Waals surface area contributed by atoms with E-state index in [1.54, 1.807) is 0 Å². The second kappa shape index (κ2) is 3.16. The van der Waals surface area contributed by atoms with E-state index >= 15 is 0 Å². The van der Waals surface area contributed by atoms with Crippen molar-refractivity contribution < 1.29 is 4.39 Å². The van der Waals surface area contributed by atoms with Crippen LogP contribution in [-0.4, -0.2) is 19.3 Å². The summed E-state index contributed by atoms with van der Waals surface area (Å²) in [4.78, 5) is 0. The molecule has 0 aromatic rings. The lowest BCUT2D eigenvalue weighted by Crippen LogP contribution is -2.11. The van der Waals surface area contributed by atoms with E-state index in [0.29, 0.717) is 12.5 Å². The van der Waals surface area contributed by atoms with E-state index in [1.807, 2.05) is 0 Å². The largest absolute Gasteiger partial charge is 0.313 e. The Bertz CT molecular complexity index is 85.0. The highest BCUT2D eigenvalue weighted by molar-refractivity contribution is 4.79. The molecule has 0 saturated carbocycles. The first-order valence-electron chi connectivity index (χ1n) is 3.69. The molecule has 54 valence electrons. The zero-order valence-corrected chi connectivity index (χ0v) is 5.86. The molecule has 0 radical (unpaired) electrons. The van der Waals surface area contributed by atoms with Gasteiger partial charge in [-0.1, -0.05) is 13.3 Å². The molecule has 0 aromatic heterocycles. The SMILES string of the molecule is CCC[C@@H]1CNC[C@@H]1F. The summed E-state index contributed by atoms with van der Waals surface area (Å²) >= 11 is 0. The Hall–Kier alpha value is -0.110. The molecule has 1 aliphatic rings. The number of nitrogens with one attached hydrogen (secondary N) is 1. The van der Waals surface area contributed by atoms with Crippen molar-refractivity contribution in [1.29, 1.82) is 0 Å². The van der Waals surface area contributed by atoms with Crippen LogP contribution >= 0.6 is 0 Å². The summed E-state index contributed by atoms with van der Waals surface area (Å²) in [6, 6.07) is 0. The van der Waals surface area contributed by atoms with E-state index in [0.717, 1.165) is 19.4 Å². The summed E-state index contributed by atoms with van der Waals surface area (Å²) in [5.41, 5.74) is 0. The van der Waals surface area contributed by atoms with E-state index < -0.39 is 6.17 Å². The highest BCUT2D eigenvalue weighted by Gasteiger charge is 2.24. The summed E-state index contributed by atoms with van der Waals surface area (Å²) < 4.78 is 12.7. The van der Waals surface area contributed by atoms with Gasteiger partial charge in [0.15, 0.2) is 0 Å². The molecule has 2 heteroatoms. The Kier molecular flexibility index (Phi) is 2.46. The fourth-order valence-electron chi connectivity index (χ4n) is 1.35. The van der Waals surface area contributed by atoms with Crippen LogP contribution in [0.1, 0.15) is 19.8 Å². The molecule has 0 aromatic carbocycles.